The standard InChI is InChI=1S/C19H23N3OS/c1-15-20-17(14-24-15)9-10-19(23)21-18(13-22-11-5-6-12-22)16-7-3-2-4-8-16/h2-4,7-10,14,18H,5-6,11-13H2,1H3,(H,21,23)/b10-9+. The molecule has 0 aliphatic carbocycles. The third-order valence-corrected chi connectivity index (χ3v) is 4.99. The summed E-state index contributed by atoms with van der Waals surface area (Å²) < 4.78 is 0. The lowest BCUT2D eigenvalue weighted by Crippen LogP contribution is -2.36. The highest BCUT2D eigenvalue weighted by Crippen LogP contribution is 2.18. The number of thiazole rings is 1. The highest BCUT2D eigenvalue weighted by atomic mass is 32.1. The van der Waals surface area contributed by atoms with Gasteiger partial charge in [-0.15, -0.1) is 11.3 Å². The second-order valence-electron chi connectivity index (χ2n) is 6.10. The first kappa shape index (κ1) is 16.9. The highest BCUT2D eigenvalue weighted by molar-refractivity contribution is 7.09. The number of hydrogen-bond donors (Lipinski definition) is 1. The Bertz CT molecular complexity index is 690. The summed E-state index contributed by atoms with van der Waals surface area (Å²) in [6, 6.07) is 10.2. The predicted molar refractivity (Wildman–Crippen MR) is 98.9 cm³/mol. The number of likely N-dealkylation sites (tertiary alicyclic amines) is 1. The predicted octanol–water partition coefficient (Wildman–Crippen LogP) is 3.42. The Labute approximate surface area is 147 Å². The van der Waals surface area contributed by atoms with Crippen molar-refractivity contribution in [2.45, 2.75) is 25.8 Å². The number of nitrogens with one attached hydrogen (secondary N) is 1. The maximum absolute atomic E-state index is 12.3. The van der Waals surface area contributed by atoms with E-state index in [9.17, 15) is 4.79 Å². The summed E-state index contributed by atoms with van der Waals surface area (Å²) in [6.45, 7) is 5.06. The molecular weight excluding hydrogens is 318 g/mol. The summed E-state index contributed by atoms with van der Waals surface area (Å²) in [5.41, 5.74) is 1.99. The molecule has 1 aliphatic heterocycles. The van der Waals surface area contributed by atoms with E-state index in [2.05, 4.69) is 27.3 Å². The number of carbonyl (C=O) groups excluding carboxylic acids is 1. The van der Waals surface area contributed by atoms with Gasteiger partial charge >= 0.3 is 0 Å². The van der Waals surface area contributed by atoms with E-state index < -0.39 is 0 Å². The Morgan fingerprint density at radius 1 is 1.33 bits per heavy atom. The van der Waals surface area contributed by atoms with Crippen LogP contribution in [0.3, 0.4) is 0 Å². The molecule has 1 N–H and O–H groups in total. The first-order valence-corrected chi connectivity index (χ1v) is 9.27. The Kier molecular flexibility index (Phi) is 5.77. The van der Waals surface area contributed by atoms with Crippen LogP contribution in [0.5, 0.6) is 0 Å². The third kappa shape index (κ3) is 4.76. The van der Waals surface area contributed by atoms with Crippen LogP contribution in [-0.2, 0) is 4.79 Å². The number of rotatable bonds is 6. The molecule has 1 fully saturated rings. The molecule has 1 aliphatic rings. The van der Waals surface area contributed by atoms with Crippen LogP contribution in [0, 0.1) is 6.92 Å². The Morgan fingerprint density at radius 3 is 2.75 bits per heavy atom. The van der Waals surface area contributed by atoms with E-state index in [0.717, 1.165) is 35.9 Å². The zero-order valence-corrected chi connectivity index (χ0v) is 14.8. The monoisotopic (exact) mass is 341 g/mol. The molecule has 0 saturated carbocycles. The van der Waals surface area contributed by atoms with Crippen molar-refractivity contribution in [1.29, 1.82) is 0 Å². The van der Waals surface area contributed by atoms with Gasteiger partial charge in [-0.3, -0.25) is 4.79 Å². The molecule has 2 heterocycles. The van der Waals surface area contributed by atoms with Crippen LogP contribution in [-0.4, -0.2) is 35.4 Å². The molecule has 24 heavy (non-hydrogen) atoms. The van der Waals surface area contributed by atoms with Gasteiger partial charge in [0.1, 0.15) is 0 Å². The topological polar surface area (TPSA) is 45.2 Å². The maximum Gasteiger partial charge on any atom is 0.244 e. The molecule has 5 heteroatoms. The molecule has 2 aromatic rings. The fourth-order valence-corrected chi connectivity index (χ4v) is 3.56. The van der Waals surface area contributed by atoms with E-state index in [4.69, 9.17) is 0 Å². The summed E-state index contributed by atoms with van der Waals surface area (Å²) in [5.74, 6) is -0.0753. The van der Waals surface area contributed by atoms with Gasteiger partial charge in [-0.2, -0.15) is 0 Å². The number of aryl methyl sites for hydroxylation is 1. The van der Waals surface area contributed by atoms with Crippen LogP contribution in [0.4, 0.5) is 0 Å². The maximum atomic E-state index is 12.3. The number of benzene rings is 1. The minimum absolute atomic E-state index is 0.0126. The Hall–Kier alpha value is -1.98. The van der Waals surface area contributed by atoms with Crippen molar-refractivity contribution in [3.05, 3.63) is 58.1 Å². The van der Waals surface area contributed by atoms with Crippen molar-refractivity contribution in [2.75, 3.05) is 19.6 Å². The molecule has 0 spiro atoms. The summed E-state index contributed by atoms with van der Waals surface area (Å²) in [4.78, 5) is 19.1. The fraction of sp³-hybridized carbons (Fsp3) is 0.368. The van der Waals surface area contributed by atoms with Crippen LogP contribution in [0.15, 0.2) is 41.8 Å². The van der Waals surface area contributed by atoms with E-state index >= 15 is 0 Å². The van der Waals surface area contributed by atoms with Crippen LogP contribution in [0.25, 0.3) is 6.08 Å². The molecular formula is C19H23N3OS. The fourth-order valence-electron chi connectivity index (χ4n) is 2.98. The largest absolute Gasteiger partial charge is 0.344 e. The van der Waals surface area contributed by atoms with Crippen LogP contribution in [0.1, 0.15) is 35.1 Å². The van der Waals surface area contributed by atoms with Crippen molar-refractivity contribution >= 4 is 23.3 Å². The van der Waals surface area contributed by atoms with Gasteiger partial charge in [0.25, 0.3) is 0 Å². The van der Waals surface area contributed by atoms with Crippen molar-refractivity contribution < 1.29 is 4.79 Å². The van der Waals surface area contributed by atoms with Gasteiger partial charge in [-0.05, 0) is 44.5 Å². The molecule has 1 amide bonds. The van der Waals surface area contributed by atoms with E-state index in [-0.39, 0.29) is 11.9 Å². The molecule has 3 rings (SSSR count). The molecule has 1 aromatic carbocycles. The van der Waals surface area contributed by atoms with Gasteiger partial charge in [0.2, 0.25) is 5.91 Å². The number of carbonyl (C=O) groups is 1. The van der Waals surface area contributed by atoms with Gasteiger partial charge in [0.15, 0.2) is 0 Å². The van der Waals surface area contributed by atoms with Gasteiger partial charge in [-0.25, -0.2) is 4.98 Å². The normalized spacial score (nSPS) is 16.5. The van der Waals surface area contributed by atoms with Gasteiger partial charge in [-0.1, -0.05) is 30.3 Å². The van der Waals surface area contributed by atoms with E-state index in [1.54, 1.807) is 23.5 Å². The number of nitrogens with zero attached hydrogens (tertiary/aromatic N) is 2. The molecule has 1 atom stereocenters. The molecule has 0 bridgehead atoms. The van der Waals surface area contributed by atoms with E-state index in [0.29, 0.717) is 0 Å². The van der Waals surface area contributed by atoms with Crippen LogP contribution >= 0.6 is 11.3 Å². The molecule has 1 unspecified atom stereocenters. The van der Waals surface area contributed by atoms with Crippen molar-refractivity contribution in [2.24, 2.45) is 0 Å². The van der Waals surface area contributed by atoms with Crippen molar-refractivity contribution in [1.82, 2.24) is 15.2 Å². The minimum Gasteiger partial charge on any atom is -0.344 e. The Balaban J connectivity index is 1.66. The lowest BCUT2D eigenvalue weighted by Gasteiger charge is -2.24. The lowest BCUT2D eigenvalue weighted by atomic mass is 10.1. The first-order valence-electron chi connectivity index (χ1n) is 8.39. The highest BCUT2D eigenvalue weighted by Gasteiger charge is 2.19. The number of amides is 1. The zero-order chi connectivity index (χ0) is 16.8. The lowest BCUT2D eigenvalue weighted by molar-refractivity contribution is -0.117. The summed E-state index contributed by atoms with van der Waals surface area (Å²) in [5, 5.41) is 6.11. The van der Waals surface area contributed by atoms with Gasteiger partial charge < -0.3 is 10.2 Å². The summed E-state index contributed by atoms with van der Waals surface area (Å²) >= 11 is 1.59. The zero-order valence-electron chi connectivity index (χ0n) is 13.9. The van der Waals surface area contributed by atoms with Crippen LogP contribution < -0.4 is 5.32 Å². The molecule has 4 nitrogen and oxygen atoms in total. The number of hydrogen-bond acceptors (Lipinski definition) is 4. The van der Waals surface area contributed by atoms with E-state index in [1.165, 1.54) is 12.8 Å². The average molecular weight is 341 g/mol. The van der Waals surface area contributed by atoms with Gasteiger partial charge in [0, 0.05) is 18.0 Å². The molecule has 1 saturated heterocycles. The SMILES string of the molecule is Cc1nc(/C=C/C(=O)NC(CN2CCCC2)c2ccccc2)cs1. The quantitative estimate of drug-likeness (QED) is 0.819. The van der Waals surface area contributed by atoms with Crippen molar-refractivity contribution in [3.63, 3.8) is 0 Å². The van der Waals surface area contributed by atoms with Crippen LogP contribution in [0.2, 0.25) is 0 Å². The molecule has 126 valence electrons. The smallest absolute Gasteiger partial charge is 0.244 e. The number of aromatic nitrogens is 1. The first-order chi connectivity index (χ1) is 11.7. The van der Waals surface area contributed by atoms with Crippen molar-refractivity contribution in [3.8, 4) is 0 Å². The van der Waals surface area contributed by atoms with E-state index in [1.807, 2.05) is 30.5 Å². The summed E-state index contributed by atoms with van der Waals surface area (Å²) in [6.07, 6.45) is 5.85. The minimum atomic E-state index is -0.0753. The molecule has 0 radical (unpaired) electrons. The third-order valence-electron chi connectivity index (χ3n) is 4.20. The second-order valence-corrected chi connectivity index (χ2v) is 7.17. The Morgan fingerprint density at radius 2 is 2.08 bits per heavy atom. The average Bonchev–Trinajstić information content (AvgIpc) is 3.25. The summed E-state index contributed by atoms with van der Waals surface area (Å²) in [7, 11) is 0. The van der Waals surface area contributed by atoms with Gasteiger partial charge in [0.05, 0.1) is 16.7 Å². The molecule has 1 aromatic heterocycles. The second kappa shape index (κ2) is 8.22.